The zero-order valence-corrected chi connectivity index (χ0v) is 22.9. The number of anilines is 1. The lowest BCUT2D eigenvalue weighted by molar-refractivity contribution is -0.340. The Morgan fingerprint density at radius 2 is 1.71 bits per heavy atom. The molecule has 0 saturated heterocycles. The van der Waals surface area contributed by atoms with Crippen LogP contribution in [0.5, 0.6) is 5.75 Å². The van der Waals surface area contributed by atoms with Gasteiger partial charge in [-0.05, 0) is 54.5 Å². The smallest absolute Gasteiger partial charge is 0.406 e. The highest BCUT2D eigenvalue weighted by Crippen LogP contribution is 2.46. The molecule has 1 N–H and O–H groups in total. The Bertz CT molecular complexity index is 1390. The molecule has 0 bridgehead atoms. The first-order valence-corrected chi connectivity index (χ1v) is 14.0. The van der Waals surface area contributed by atoms with Gasteiger partial charge in [-0.1, -0.05) is 67.6 Å². The average molecular weight is 595 g/mol. The molecule has 3 aromatic rings. The van der Waals surface area contributed by atoms with Crippen molar-refractivity contribution in [3.8, 4) is 5.75 Å². The standard InChI is InChI=1S/C30H28F6N2O2S/c1-19-23(13-8-15-25(19)40-30(34,35)36)28(18-20-9-3-2-4-10-20,21-11-7-12-22(17-21)39-29(31,32)33)38-27-37-24-14-5-6-16-26(24)41-27/h2-4,7-13,15,17,19,25H,5-6,14,16,18H2,1H3,(H,37,38). The molecule has 2 aromatic carbocycles. The van der Waals surface area contributed by atoms with E-state index in [2.05, 4.69) is 14.8 Å². The molecule has 41 heavy (non-hydrogen) atoms. The van der Waals surface area contributed by atoms with Gasteiger partial charge in [0, 0.05) is 17.2 Å². The molecule has 0 spiro atoms. The number of thiazole rings is 1. The van der Waals surface area contributed by atoms with Crippen molar-refractivity contribution in [2.24, 2.45) is 5.92 Å². The highest BCUT2D eigenvalue weighted by molar-refractivity contribution is 7.15. The van der Waals surface area contributed by atoms with Crippen LogP contribution in [0.15, 0.2) is 78.4 Å². The van der Waals surface area contributed by atoms with Crippen LogP contribution in [-0.2, 0) is 29.5 Å². The minimum Gasteiger partial charge on any atom is -0.406 e. The van der Waals surface area contributed by atoms with Gasteiger partial charge in [-0.2, -0.15) is 0 Å². The molecule has 1 aromatic heterocycles. The van der Waals surface area contributed by atoms with E-state index in [1.165, 1.54) is 41.7 Å². The third-order valence-electron chi connectivity index (χ3n) is 7.36. The topological polar surface area (TPSA) is 43.4 Å². The second-order valence-electron chi connectivity index (χ2n) is 10.2. The van der Waals surface area contributed by atoms with Crippen molar-refractivity contribution in [1.29, 1.82) is 0 Å². The van der Waals surface area contributed by atoms with E-state index in [-0.39, 0.29) is 6.42 Å². The zero-order chi connectivity index (χ0) is 29.3. The van der Waals surface area contributed by atoms with Crippen molar-refractivity contribution >= 4 is 16.5 Å². The number of aromatic nitrogens is 1. The van der Waals surface area contributed by atoms with E-state index >= 15 is 0 Å². The Hall–Kier alpha value is -3.31. The molecule has 0 saturated carbocycles. The van der Waals surface area contributed by atoms with Crippen molar-refractivity contribution in [1.82, 2.24) is 4.98 Å². The number of nitrogens with zero attached hydrogens (tertiary/aromatic N) is 1. The van der Waals surface area contributed by atoms with E-state index < -0.39 is 36.0 Å². The lowest BCUT2D eigenvalue weighted by atomic mass is 9.70. The summed E-state index contributed by atoms with van der Waals surface area (Å²) in [5.41, 5.74) is 1.38. The molecule has 0 fully saturated rings. The molecule has 1 heterocycles. The second-order valence-corrected chi connectivity index (χ2v) is 11.3. The van der Waals surface area contributed by atoms with Crippen LogP contribution in [0.4, 0.5) is 31.5 Å². The molecular formula is C30H28F6N2O2S. The molecule has 0 aliphatic heterocycles. The average Bonchev–Trinajstić information content (AvgIpc) is 3.31. The van der Waals surface area contributed by atoms with Crippen LogP contribution >= 0.6 is 11.3 Å². The number of nitrogens with one attached hydrogen (secondary N) is 1. The molecule has 3 atom stereocenters. The quantitative estimate of drug-likeness (QED) is 0.266. The Morgan fingerprint density at radius 3 is 2.41 bits per heavy atom. The number of hydrogen-bond acceptors (Lipinski definition) is 5. The SMILES string of the molecule is CC1C(C(Cc2ccccc2)(Nc2nc3c(s2)CCCC3)c2cccc(OC(F)(F)F)c2)=CC=CC1OC(F)(F)F. The third-order valence-corrected chi connectivity index (χ3v) is 8.43. The number of rotatable bonds is 8. The van der Waals surface area contributed by atoms with Crippen molar-refractivity contribution in [3.05, 3.63) is 100 Å². The molecule has 218 valence electrons. The van der Waals surface area contributed by atoms with Crippen molar-refractivity contribution < 1.29 is 35.8 Å². The number of allylic oxidation sites excluding steroid dienone is 2. The lowest BCUT2D eigenvalue weighted by Gasteiger charge is -2.43. The normalized spacial score (nSPS) is 20.6. The fourth-order valence-corrected chi connectivity index (χ4v) is 6.73. The van der Waals surface area contributed by atoms with Crippen molar-refractivity contribution in [2.75, 3.05) is 5.32 Å². The Kier molecular flexibility index (Phi) is 8.20. The predicted molar refractivity (Wildman–Crippen MR) is 145 cm³/mol. The third kappa shape index (κ3) is 6.95. The maximum Gasteiger partial charge on any atom is 0.573 e. The molecule has 5 rings (SSSR count). The van der Waals surface area contributed by atoms with E-state index in [4.69, 9.17) is 4.98 Å². The van der Waals surface area contributed by atoms with E-state index in [0.29, 0.717) is 16.3 Å². The second kappa shape index (κ2) is 11.5. The first-order valence-electron chi connectivity index (χ1n) is 13.2. The summed E-state index contributed by atoms with van der Waals surface area (Å²) in [5, 5.41) is 4.07. The minimum absolute atomic E-state index is 0.205. The summed E-state index contributed by atoms with van der Waals surface area (Å²) in [6.45, 7) is 1.62. The van der Waals surface area contributed by atoms with Crippen LogP contribution in [0.25, 0.3) is 0 Å². The molecule has 2 aliphatic rings. The maximum absolute atomic E-state index is 13.4. The van der Waals surface area contributed by atoms with Gasteiger partial charge >= 0.3 is 12.7 Å². The monoisotopic (exact) mass is 594 g/mol. The zero-order valence-electron chi connectivity index (χ0n) is 22.1. The first kappa shape index (κ1) is 29.2. The summed E-state index contributed by atoms with van der Waals surface area (Å²) in [4.78, 5) is 5.95. The number of aryl methyl sites for hydroxylation is 2. The van der Waals surface area contributed by atoms with Gasteiger partial charge in [0.25, 0.3) is 0 Å². The molecule has 4 nitrogen and oxygen atoms in total. The van der Waals surface area contributed by atoms with Crippen LogP contribution in [0.3, 0.4) is 0 Å². The molecule has 2 aliphatic carbocycles. The fourth-order valence-electron chi connectivity index (χ4n) is 5.60. The largest absolute Gasteiger partial charge is 0.573 e. The number of hydrogen-bond donors (Lipinski definition) is 1. The number of halogens is 6. The van der Waals surface area contributed by atoms with Crippen LogP contribution in [0.1, 0.15) is 41.5 Å². The predicted octanol–water partition coefficient (Wildman–Crippen LogP) is 8.51. The first-order chi connectivity index (χ1) is 19.4. The maximum atomic E-state index is 13.4. The van der Waals surface area contributed by atoms with E-state index in [9.17, 15) is 26.3 Å². The molecule has 11 heteroatoms. The Labute approximate surface area is 237 Å². The Morgan fingerprint density at radius 1 is 0.951 bits per heavy atom. The van der Waals surface area contributed by atoms with Gasteiger partial charge < -0.3 is 10.1 Å². The van der Waals surface area contributed by atoms with Crippen LogP contribution in [-0.4, -0.2) is 23.8 Å². The number of fused-ring (bicyclic) bond motifs is 1. The summed E-state index contributed by atoms with van der Waals surface area (Å²) in [6.07, 6.45) is -2.67. The van der Waals surface area contributed by atoms with Crippen molar-refractivity contribution in [2.45, 2.75) is 63.4 Å². The highest BCUT2D eigenvalue weighted by Gasteiger charge is 2.45. The lowest BCUT2D eigenvalue weighted by Crippen LogP contribution is -2.45. The van der Waals surface area contributed by atoms with Gasteiger partial charge in [0.05, 0.1) is 17.3 Å². The summed E-state index contributed by atoms with van der Waals surface area (Å²) < 4.78 is 88.5. The van der Waals surface area contributed by atoms with E-state index in [1.807, 2.05) is 30.3 Å². The summed E-state index contributed by atoms with van der Waals surface area (Å²) in [7, 11) is 0. The van der Waals surface area contributed by atoms with Gasteiger partial charge in [0.15, 0.2) is 5.13 Å². The van der Waals surface area contributed by atoms with Gasteiger partial charge in [-0.15, -0.1) is 37.7 Å². The van der Waals surface area contributed by atoms with E-state index in [1.54, 1.807) is 19.1 Å². The van der Waals surface area contributed by atoms with Crippen molar-refractivity contribution in [3.63, 3.8) is 0 Å². The molecular weight excluding hydrogens is 566 g/mol. The van der Waals surface area contributed by atoms with Crippen LogP contribution < -0.4 is 10.1 Å². The van der Waals surface area contributed by atoms with Gasteiger partial charge in [-0.25, -0.2) is 4.98 Å². The van der Waals surface area contributed by atoms with Gasteiger partial charge in [0.2, 0.25) is 0 Å². The van der Waals surface area contributed by atoms with E-state index in [0.717, 1.165) is 41.8 Å². The summed E-state index contributed by atoms with van der Waals surface area (Å²) >= 11 is 1.47. The van der Waals surface area contributed by atoms with Gasteiger partial charge in [-0.3, -0.25) is 4.74 Å². The van der Waals surface area contributed by atoms with Crippen LogP contribution in [0, 0.1) is 5.92 Å². The minimum atomic E-state index is -4.92. The Balaban J connectivity index is 1.68. The number of benzene rings is 2. The summed E-state index contributed by atoms with van der Waals surface area (Å²) in [6, 6.07) is 14.8. The number of ether oxygens (including phenoxy) is 2. The fraction of sp³-hybridized carbons (Fsp3) is 0.367. The van der Waals surface area contributed by atoms with Crippen LogP contribution in [0.2, 0.25) is 0 Å². The molecule has 3 unspecified atom stereocenters. The number of alkyl halides is 6. The van der Waals surface area contributed by atoms with Gasteiger partial charge in [0.1, 0.15) is 5.75 Å². The summed E-state index contributed by atoms with van der Waals surface area (Å²) in [5.74, 6) is -1.24. The highest BCUT2D eigenvalue weighted by atomic mass is 32.1. The molecule has 0 radical (unpaired) electrons. The molecule has 0 amide bonds.